The van der Waals surface area contributed by atoms with Gasteiger partial charge in [-0.25, -0.2) is 22.8 Å². The second-order valence-corrected chi connectivity index (χ2v) is 9.56. The maximum Gasteiger partial charge on any atom is 0.246 e. The number of sulfonamides is 1. The van der Waals surface area contributed by atoms with Gasteiger partial charge in [0.25, 0.3) is 0 Å². The van der Waals surface area contributed by atoms with Crippen LogP contribution in [0.5, 0.6) is 0 Å². The molecule has 1 saturated heterocycles. The molecular formula is C21H25FN6O2S. The Morgan fingerprint density at radius 2 is 1.84 bits per heavy atom. The van der Waals surface area contributed by atoms with Gasteiger partial charge in [0.05, 0.1) is 17.4 Å². The van der Waals surface area contributed by atoms with Gasteiger partial charge in [-0.1, -0.05) is 30.3 Å². The Balaban J connectivity index is 1.54. The Bertz CT molecular complexity index is 1210. The van der Waals surface area contributed by atoms with Gasteiger partial charge in [0.15, 0.2) is 11.6 Å². The number of hydrogen-bond donors (Lipinski definition) is 0. The molecule has 10 heteroatoms. The molecule has 0 N–H and O–H groups in total. The fourth-order valence-corrected chi connectivity index (χ4v) is 5.65. The second kappa shape index (κ2) is 8.01. The number of aromatic nitrogens is 4. The number of hydrogen-bond acceptors (Lipinski definition) is 6. The minimum atomic E-state index is -3.72. The first-order valence-corrected chi connectivity index (χ1v) is 11.5. The summed E-state index contributed by atoms with van der Waals surface area (Å²) in [5, 5.41) is 4.33. The second-order valence-electron chi connectivity index (χ2n) is 7.62. The van der Waals surface area contributed by atoms with E-state index >= 15 is 4.39 Å². The van der Waals surface area contributed by atoms with Crippen LogP contribution in [0.15, 0.2) is 41.6 Å². The van der Waals surface area contributed by atoms with Gasteiger partial charge in [0, 0.05) is 32.2 Å². The molecule has 3 heterocycles. The Morgan fingerprint density at radius 3 is 2.45 bits per heavy atom. The summed E-state index contributed by atoms with van der Waals surface area (Å²) < 4.78 is 44.6. The topological polar surface area (TPSA) is 84.2 Å². The largest absolute Gasteiger partial charge is 0.351 e. The van der Waals surface area contributed by atoms with Gasteiger partial charge in [0.2, 0.25) is 10.0 Å². The highest BCUT2D eigenvalue weighted by molar-refractivity contribution is 7.89. The van der Waals surface area contributed by atoms with Gasteiger partial charge in [-0.15, -0.1) is 0 Å². The van der Waals surface area contributed by atoms with Crippen LogP contribution in [-0.2, 0) is 16.6 Å². The van der Waals surface area contributed by atoms with Crippen LogP contribution in [0.2, 0.25) is 0 Å². The number of benzene rings is 1. The number of halogens is 1. The fourth-order valence-electron chi connectivity index (χ4n) is 3.94. The molecule has 0 unspecified atom stereocenters. The monoisotopic (exact) mass is 444 g/mol. The molecule has 4 rings (SSSR count). The molecule has 0 spiro atoms. The first-order chi connectivity index (χ1) is 14.8. The van der Waals surface area contributed by atoms with Crippen LogP contribution < -0.4 is 4.90 Å². The molecule has 31 heavy (non-hydrogen) atoms. The molecule has 8 nitrogen and oxygen atoms in total. The molecule has 0 radical (unpaired) electrons. The first kappa shape index (κ1) is 21.4. The van der Waals surface area contributed by atoms with Crippen molar-refractivity contribution in [1.82, 2.24) is 24.1 Å². The van der Waals surface area contributed by atoms with E-state index < -0.39 is 15.8 Å². The van der Waals surface area contributed by atoms with E-state index in [0.717, 1.165) is 0 Å². The molecule has 1 fully saturated rings. The molecule has 2 aromatic heterocycles. The predicted molar refractivity (Wildman–Crippen MR) is 116 cm³/mol. The number of likely N-dealkylation sites (N-methyl/N-ethyl adjacent to an activating group) is 1. The van der Waals surface area contributed by atoms with Crippen molar-refractivity contribution in [3.63, 3.8) is 0 Å². The van der Waals surface area contributed by atoms with Crippen LogP contribution in [0, 0.1) is 19.7 Å². The molecule has 164 valence electrons. The van der Waals surface area contributed by atoms with Crippen LogP contribution in [0.1, 0.15) is 18.3 Å². The summed E-state index contributed by atoms with van der Waals surface area (Å²) in [6.45, 7) is 6.67. The minimum absolute atomic E-state index is 0.182. The first-order valence-electron chi connectivity index (χ1n) is 10.1. The maximum absolute atomic E-state index is 15.1. The summed E-state index contributed by atoms with van der Waals surface area (Å²) in [5.74, 6) is -0.323. The summed E-state index contributed by atoms with van der Waals surface area (Å²) in [7, 11) is -2.16. The van der Waals surface area contributed by atoms with Crippen molar-refractivity contribution in [1.29, 1.82) is 0 Å². The Labute approximate surface area is 181 Å². The van der Waals surface area contributed by atoms with E-state index in [2.05, 4.69) is 15.1 Å². The lowest BCUT2D eigenvalue weighted by atomic mass is 10.1. The van der Waals surface area contributed by atoms with Crippen molar-refractivity contribution in [2.75, 3.05) is 25.0 Å². The molecule has 1 aromatic carbocycles. The number of aryl methyl sites for hydroxylation is 2. The Kier molecular flexibility index (Phi) is 5.52. The lowest BCUT2D eigenvalue weighted by Gasteiger charge is -2.44. The van der Waals surface area contributed by atoms with Crippen molar-refractivity contribution in [2.45, 2.75) is 38.3 Å². The summed E-state index contributed by atoms with van der Waals surface area (Å²) >= 11 is 0. The standard InChI is InChI=1S/C21H25FN6O2S/c1-5-28-15(3)20(14(2)25-28)31(29,30)26(4)17-11-27(12-17)21-18(22)19(23-13-24-21)16-9-7-6-8-10-16/h6-10,13,17H,5,11-12H2,1-4H3. The van der Waals surface area contributed by atoms with Crippen LogP contribution >= 0.6 is 0 Å². The van der Waals surface area contributed by atoms with Gasteiger partial charge in [-0.3, -0.25) is 4.68 Å². The van der Waals surface area contributed by atoms with Crippen molar-refractivity contribution in [3.05, 3.63) is 53.9 Å². The molecule has 0 saturated carbocycles. The quantitative estimate of drug-likeness (QED) is 0.581. The zero-order valence-electron chi connectivity index (χ0n) is 17.9. The highest BCUT2D eigenvalue weighted by atomic mass is 32.2. The summed E-state index contributed by atoms with van der Waals surface area (Å²) in [4.78, 5) is 10.2. The minimum Gasteiger partial charge on any atom is -0.351 e. The van der Waals surface area contributed by atoms with E-state index in [1.807, 2.05) is 25.1 Å². The SMILES string of the molecule is CCn1nc(C)c(S(=O)(=O)N(C)C2CN(c3ncnc(-c4ccccc4)c3F)C2)c1C. The normalized spacial score (nSPS) is 14.8. The molecule has 0 aliphatic carbocycles. The molecule has 1 aliphatic rings. The number of nitrogens with zero attached hydrogens (tertiary/aromatic N) is 6. The zero-order chi connectivity index (χ0) is 22.3. The van der Waals surface area contributed by atoms with Crippen LogP contribution in [0.4, 0.5) is 10.2 Å². The van der Waals surface area contributed by atoms with Gasteiger partial charge in [-0.2, -0.15) is 9.40 Å². The lowest BCUT2D eigenvalue weighted by molar-refractivity contribution is 0.307. The van der Waals surface area contributed by atoms with Crippen LogP contribution in [0.25, 0.3) is 11.3 Å². The van der Waals surface area contributed by atoms with Gasteiger partial charge in [-0.05, 0) is 20.8 Å². The molecule has 1 aliphatic heterocycles. The maximum atomic E-state index is 15.1. The van der Waals surface area contributed by atoms with Crippen LogP contribution in [-0.4, -0.2) is 58.7 Å². The van der Waals surface area contributed by atoms with Gasteiger partial charge in [0.1, 0.15) is 16.9 Å². The zero-order valence-corrected chi connectivity index (χ0v) is 18.8. The van der Waals surface area contributed by atoms with Crippen LogP contribution in [0.3, 0.4) is 0 Å². The lowest BCUT2D eigenvalue weighted by Crippen LogP contribution is -2.60. The van der Waals surface area contributed by atoms with Gasteiger partial charge >= 0.3 is 0 Å². The number of rotatable bonds is 6. The summed E-state index contributed by atoms with van der Waals surface area (Å²) in [6, 6.07) is 8.78. The Morgan fingerprint density at radius 1 is 1.16 bits per heavy atom. The van der Waals surface area contributed by atoms with E-state index in [1.54, 1.807) is 42.6 Å². The van der Waals surface area contributed by atoms with E-state index in [1.165, 1.54) is 10.6 Å². The van der Waals surface area contributed by atoms with Crippen molar-refractivity contribution >= 4 is 15.8 Å². The molecule has 0 atom stereocenters. The highest BCUT2D eigenvalue weighted by Gasteiger charge is 2.40. The van der Waals surface area contributed by atoms with Crippen molar-refractivity contribution in [2.24, 2.45) is 0 Å². The van der Waals surface area contributed by atoms with E-state index in [-0.39, 0.29) is 22.4 Å². The number of anilines is 1. The summed E-state index contributed by atoms with van der Waals surface area (Å²) in [5.41, 5.74) is 2.00. The van der Waals surface area contributed by atoms with Crippen molar-refractivity contribution < 1.29 is 12.8 Å². The van der Waals surface area contributed by atoms with Crippen molar-refractivity contribution in [3.8, 4) is 11.3 Å². The van der Waals surface area contributed by atoms with E-state index in [4.69, 9.17) is 0 Å². The predicted octanol–water partition coefficient (Wildman–Crippen LogP) is 2.63. The third-order valence-electron chi connectivity index (χ3n) is 5.75. The third kappa shape index (κ3) is 3.59. The highest BCUT2D eigenvalue weighted by Crippen LogP contribution is 2.31. The molecule has 0 bridgehead atoms. The molecular weight excluding hydrogens is 419 g/mol. The van der Waals surface area contributed by atoms with Gasteiger partial charge < -0.3 is 4.90 Å². The average Bonchev–Trinajstić information content (AvgIpc) is 3.02. The van der Waals surface area contributed by atoms with E-state index in [9.17, 15) is 8.42 Å². The fraction of sp³-hybridized carbons (Fsp3) is 0.381. The molecule has 3 aromatic rings. The summed E-state index contributed by atoms with van der Waals surface area (Å²) in [6.07, 6.45) is 1.33. The third-order valence-corrected chi connectivity index (χ3v) is 7.91. The average molecular weight is 445 g/mol. The molecule has 0 amide bonds. The Hall–Kier alpha value is -2.85. The smallest absolute Gasteiger partial charge is 0.246 e. The van der Waals surface area contributed by atoms with E-state index in [0.29, 0.717) is 36.6 Å².